The number of hydrogen-bond acceptors (Lipinski definition) is 2. The van der Waals surface area contributed by atoms with Gasteiger partial charge in [-0.3, -0.25) is 4.79 Å². The van der Waals surface area contributed by atoms with E-state index in [9.17, 15) is 9.90 Å². The lowest BCUT2D eigenvalue weighted by Crippen LogP contribution is -2.41. The van der Waals surface area contributed by atoms with Gasteiger partial charge in [0, 0.05) is 16.6 Å². The van der Waals surface area contributed by atoms with Gasteiger partial charge in [0.2, 0.25) is 5.91 Å². The molecule has 0 heterocycles. The Labute approximate surface area is 122 Å². The highest BCUT2D eigenvalue weighted by atomic mass is 35.5. The minimum Gasteiger partial charge on any atom is -0.388 e. The Kier molecular flexibility index (Phi) is 4.71. The van der Waals surface area contributed by atoms with Gasteiger partial charge in [-0.05, 0) is 30.5 Å². The van der Waals surface area contributed by atoms with Gasteiger partial charge in [-0.2, -0.15) is 0 Å². The second-order valence-electron chi connectivity index (χ2n) is 5.12. The van der Waals surface area contributed by atoms with Crippen molar-refractivity contribution in [3.8, 4) is 0 Å². The third-order valence-corrected chi connectivity index (χ3v) is 4.10. The van der Waals surface area contributed by atoms with Gasteiger partial charge in [0.05, 0.1) is 12.0 Å². The molecule has 104 valence electrons. The molecule has 3 nitrogen and oxygen atoms in total. The molecule has 0 aliphatic heterocycles. The molecule has 1 aromatic carbocycles. The van der Waals surface area contributed by atoms with Gasteiger partial charge in [0.25, 0.3) is 0 Å². The normalized spacial score (nSPS) is 17.4. The van der Waals surface area contributed by atoms with Crippen LogP contribution in [0.5, 0.6) is 0 Å². The second-order valence-corrected chi connectivity index (χ2v) is 5.96. The van der Waals surface area contributed by atoms with Crippen LogP contribution in [0.2, 0.25) is 10.0 Å². The molecule has 1 aliphatic rings. The van der Waals surface area contributed by atoms with Crippen LogP contribution in [0.15, 0.2) is 18.2 Å². The molecule has 19 heavy (non-hydrogen) atoms. The highest BCUT2D eigenvalue weighted by Gasteiger charge is 2.31. The fourth-order valence-corrected chi connectivity index (χ4v) is 2.85. The summed E-state index contributed by atoms with van der Waals surface area (Å²) in [5, 5.41) is 14.0. The number of nitrogens with one attached hydrogen (secondary N) is 1. The summed E-state index contributed by atoms with van der Waals surface area (Å²) in [7, 11) is 0. The topological polar surface area (TPSA) is 49.3 Å². The van der Waals surface area contributed by atoms with E-state index in [0.717, 1.165) is 31.2 Å². The molecule has 0 radical (unpaired) electrons. The molecule has 1 aromatic rings. The standard InChI is InChI=1S/C14H17Cl2NO2/c15-11-4-3-10(12(16)8-11)7-13(18)17-9-14(19)5-1-2-6-14/h3-4,8,19H,1-2,5-7,9H2,(H,17,18). The zero-order valence-corrected chi connectivity index (χ0v) is 12.1. The van der Waals surface area contributed by atoms with Crippen molar-refractivity contribution in [1.29, 1.82) is 0 Å². The third kappa shape index (κ3) is 4.10. The van der Waals surface area contributed by atoms with E-state index in [-0.39, 0.29) is 12.3 Å². The summed E-state index contributed by atoms with van der Waals surface area (Å²) in [6.07, 6.45) is 3.76. The fraction of sp³-hybridized carbons (Fsp3) is 0.500. The lowest BCUT2D eigenvalue weighted by Gasteiger charge is -2.22. The Hall–Kier alpha value is -0.770. The quantitative estimate of drug-likeness (QED) is 0.898. The van der Waals surface area contributed by atoms with Crippen LogP contribution >= 0.6 is 23.2 Å². The molecule has 0 unspecified atom stereocenters. The van der Waals surface area contributed by atoms with E-state index in [1.165, 1.54) is 0 Å². The van der Waals surface area contributed by atoms with Crippen LogP contribution in [0.3, 0.4) is 0 Å². The molecule has 1 fully saturated rings. The Morgan fingerprint density at radius 3 is 2.63 bits per heavy atom. The van der Waals surface area contributed by atoms with Crippen molar-refractivity contribution in [3.63, 3.8) is 0 Å². The summed E-state index contributed by atoms with van der Waals surface area (Å²) in [6, 6.07) is 5.07. The number of halogens is 2. The summed E-state index contributed by atoms with van der Waals surface area (Å²) in [5.74, 6) is -0.135. The molecule has 1 amide bonds. The lowest BCUT2D eigenvalue weighted by molar-refractivity contribution is -0.121. The Bertz CT molecular complexity index is 471. The molecule has 5 heteroatoms. The smallest absolute Gasteiger partial charge is 0.224 e. The summed E-state index contributed by atoms with van der Waals surface area (Å²) >= 11 is 11.8. The molecule has 2 rings (SSSR count). The van der Waals surface area contributed by atoms with Crippen molar-refractivity contribution >= 4 is 29.1 Å². The van der Waals surface area contributed by atoms with E-state index in [0.29, 0.717) is 16.6 Å². The molecule has 2 N–H and O–H groups in total. The predicted octanol–water partition coefficient (Wildman–Crippen LogP) is 2.96. The number of aliphatic hydroxyl groups is 1. The number of hydrogen-bond donors (Lipinski definition) is 2. The van der Waals surface area contributed by atoms with Crippen molar-refractivity contribution in [3.05, 3.63) is 33.8 Å². The molecule has 0 spiro atoms. The zero-order valence-electron chi connectivity index (χ0n) is 10.6. The minimum atomic E-state index is -0.723. The highest BCUT2D eigenvalue weighted by Crippen LogP contribution is 2.28. The molecule has 1 aliphatic carbocycles. The maximum absolute atomic E-state index is 11.8. The van der Waals surface area contributed by atoms with Gasteiger partial charge in [-0.1, -0.05) is 42.1 Å². The van der Waals surface area contributed by atoms with Crippen molar-refractivity contribution in [1.82, 2.24) is 5.32 Å². The second kappa shape index (κ2) is 6.12. The van der Waals surface area contributed by atoms with Gasteiger partial charge in [-0.15, -0.1) is 0 Å². The maximum atomic E-state index is 11.8. The maximum Gasteiger partial charge on any atom is 0.224 e. The minimum absolute atomic E-state index is 0.135. The molecule has 1 saturated carbocycles. The number of carbonyl (C=O) groups excluding carboxylic acids is 1. The van der Waals surface area contributed by atoms with Gasteiger partial charge >= 0.3 is 0 Å². The van der Waals surface area contributed by atoms with Crippen molar-refractivity contribution in [2.75, 3.05) is 6.54 Å². The summed E-state index contributed by atoms with van der Waals surface area (Å²) in [4.78, 5) is 11.8. The number of benzene rings is 1. The van der Waals surface area contributed by atoms with Crippen LogP contribution in [0.25, 0.3) is 0 Å². The Morgan fingerprint density at radius 1 is 1.32 bits per heavy atom. The van der Waals surface area contributed by atoms with E-state index >= 15 is 0 Å². The van der Waals surface area contributed by atoms with Crippen LogP contribution in [0.1, 0.15) is 31.2 Å². The largest absolute Gasteiger partial charge is 0.388 e. The van der Waals surface area contributed by atoms with Crippen LogP contribution in [-0.2, 0) is 11.2 Å². The monoisotopic (exact) mass is 301 g/mol. The summed E-state index contributed by atoms with van der Waals surface area (Å²) < 4.78 is 0. The molecule has 0 bridgehead atoms. The average Bonchev–Trinajstić information content (AvgIpc) is 2.78. The third-order valence-electron chi connectivity index (χ3n) is 3.52. The number of rotatable bonds is 4. The van der Waals surface area contributed by atoms with Gasteiger partial charge in [-0.25, -0.2) is 0 Å². The molecular weight excluding hydrogens is 285 g/mol. The number of carbonyl (C=O) groups is 1. The first-order valence-corrected chi connectivity index (χ1v) is 7.17. The lowest BCUT2D eigenvalue weighted by atomic mass is 10.0. The van der Waals surface area contributed by atoms with Crippen LogP contribution < -0.4 is 5.32 Å². The Morgan fingerprint density at radius 2 is 2.00 bits per heavy atom. The van der Waals surface area contributed by atoms with Gasteiger partial charge in [0.1, 0.15) is 0 Å². The van der Waals surface area contributed by atoms with E-state index in [4.69, 9.17) is 23.2 Å². The first kappa shape index (κ1) is 14.6. The molecule has 0 saturated heterocycles. The predicted molar refractivity (Wildman–Crippen MR) is 76.6 cm³/mol. The molecule has 0 atom stereocenters. The van der Waals surface area contributed by atoms with Crippen LogP contribution in [-0.4, -0.2) is 23.2 Å². The van der Waals surface area contributed by atoms with E-state index in [1.807, 2.05) is 0 Å². The number of amides is 1. The van der Waals surface area contributed by atoms with Gasteiger partial charge < -0.3 is 10.4 Å². The van der Waals surface area contributed by atoms with Crippen molar-refractivity contribution in [2.24, 2.45) is 0 Å². The van der Waals surface area contributed by atoms with E-state index in [2.05, 4.69) is 5.32 Å². The summed E-state index contributed by atoms with van der Waals surface area (Å²) in [5.41, 5.74) is 0.0152. The van der Waals surface area contributed by atoms with E-state index < -0.39 is 5.60 Å². The molecular formula is C14H17Cl2NO2. The van der Waals surface area contributed by atoms with Gasteiger partial charge in [0.15, 0.2) is 0 Å². The Balaban J connectivity index is 1.87. The summed E-state index contributed by atoms with van der Waals surface area (Å²) in [6.45, 7) is 0.317. The first-order chi connectivity index (χ1) is 8.98. The zero-order chi connectivity index (χ0) is 13.9. The van der Waals surface area contributed by atoms with E-state index in [1.54, 1.807) is 18.2 Å². The van der Waals surface area contributed by atoms with Crippen molar-refractivity contribution < 1.29 is 9.90 Å². The molecule has 0 aromatic heterocycles. The van der Waals surface area contributed by atoms with Crippen LogP contribution in [0, 0.1) is 0 Å². The highest BCUT2D eigenvalue weighted by molar-refractivity contribution is 6.35. The van der Waals surface area contributed by atoms with Crippen LogP contribution in [0.4, 0.5) is 0 Å². The fourth-order valence-electron chi connectivity index (χ4n) is 2.37. The SMILES string of the molecule is O=C(Cc1ccc(Cl)cc1Cl)NCC1(O)CCCC1. The average molecular weight is 302 g/mol. The first-order valence-electron chi connectivity index (χ1n) is 6.42. The van der Waals surface area contributed by atoms with Crippen molar-refractivity contribution in [2.45, 2.75) is 37.7 Å².